The molecule has 0 atom stereocenters. The molecular formula is C17H18FNOS. The molecule has 0 bridgehead atoms. The van der Waals surface area contributed by atoms with E-state index >= 15 is 0 Å². The fourth-order valence-electron chi connectivity index (χ4n) is 2.26. The molecular weight excluding hydrogens is 285 g/mol. The zero-order valence-corrected chi connectivity index (χ0v) is 13.2. The Kier molecular flexibility index (Phi) is 5.02. The van der Waals surface area contributed by atoms with E-state index < -0.39 is 0 Å². The number of nitrogens with one attached hydrogen (secondary N) is 1. The number of carbonyl (C=O) groups excluding carboxylic acids is 1. The van der Waals surface area contributed by atoms with E-state index in [1.807, 2.05) is 32.9 Å². The van der Waals surface area contributed by atoms with Gasteiger partial charge >= 0.3 is 0 Å². The van der Waals surface area contributed by atoms with E-state index in [2.05, 4.69) is 5.32 Å². The minimum absolute atomic E-state index is 0.127. The van der Waals surface area contributed by atoms with Gasteiger partial charge in [-0.05, 0) is 44.0 Å². The van der Waals surface area contributed by atoms with Crippen LogP contribution in [0.4, 0.5) is 10.1 Å². The lowest BCUT2D eigenvalue weighted by Gasteiger charge is -2.12. The first-order valence-electron chi connectivity index (χ1n) is 6.72. The third-order valence-electron chi connectivity index (χ3n) is 3.14. The first kappa shape index (κ1) is 15.6. The molecule has 0 aliphatic heterocycles. The molecule has 0 fully saturated rings. The Morgan fingerprint density at radius 3 is 2.38 bits per heavy atom. The lowest BCUT2D eigenvalue weighted by Crippen LogP contribution is -2.16. The highest BCUT2D eigenvalue weighted by Gasteiger charge is 2.10. The van der Waals surface area contributed by atoms with Crippen LogP contribution in [0.1, 0.15) is 16.7 Å². The van der Waals surface area contributed by atoms with Gasteiger partial charge in [-0.25, -0.2) is 4.39 Å². The summed E-state index contributed by atoms with van der Waals surface area (Å²) in [6, 6.07) is 10.5. The van der Waals surface area contributed by atoms with Crippen LogP contribution >= 0.6 is 11.8 Å². The van der Waals surface area contributed by atoms with Gasteiger partial charge in [0.25, 0.3) is 0 Å². The van der Waals surface area contributed by atoms with Crippen LogP contribution in [0.5, 0.6) is 0 Å². The van der Waals surface area contributed by atoms with Crippen molar-refractivity contribution in [3.63, 3.8) is 0 Å². The van der Waals surface area contributed by atoms with Gasteiger partial charge in [0.05, 0.1) is 5.75 Å². The van der Waals surface area contributed by atoms with Crippen LogP contribution in [0.3, 0.4) is 0 Å². The van der Waals surface area contributed by atoms with Crippen molar-refractivity contribution in [2.45, 2.75) is 25.7 Å². The van der Waals surface area contributed by atoms with Crippen molar-refractivity contribution >= 4 is 23.4 Å². The van der Waals surface area contributed by atoms with Crippen LogP contribution in [0, 0.1) is 26.6 Å². The highest BCUT2D eigenvalue weighted by molar-refractivity contribution is 8.00. The second kappa shape index (κ2) is 6.76. The molecule has 2 aromatic carbocycles. The molecule has 0 radical (unpaired) electrons. The van der Waals surface area contributed by atoms with Crippen LogP contribution in [0.15, 0.2) is 41.3 Å². The maximum Gasteiger partial charge on any atom is 0.234 e. The van der Waals surface area contributed by atoms with Crippen molar-refractivity contribution in [3.8, 4) is 0 Å². The summed E-state index contributed by atoms with van der Waals surface area (Å²) >= 11 is 1.20. The second-order valence-corrected chi connectivity index (χ2v) is 6.06. The van der Waals surface area contributed by atoms with E-state index in [9.17, 15) is 9.18 Å². The van der Waals surface area contributed by atoms with E-state index in [1.165, 1.54) is 23.4 Å². The normalized spacial score (nSPS) is 10.5. The highest BCUT2D eigenvalue weighted by atomic mass is 32.2. The number of hydrogen-bond acceptors (Lipinski definition) is 2. The first-order chi connectivity index (χ1) is 9.97. The molecule has 0 heterocycles. The van der Waals surface area contributed by atoms with Crippen molar-refractivity contribution in [1.82, 2.24) is 0 Å². The number of anilines is 1. The molecule has 0 spiro atoms. The zero-order chi connectivity index (χ0) is 15.4. The SMILES string of the molecule is Cc1cc(C)c(NC(=O)CSc2ccccc2F)c(C)c1. The van der Waals surface area contributed by atoms with Gasteiger partial charge in [0.15, 0.2) is 0 Å². The van der Waals surface area contributed by atoms with Crippen molar-refractivity contribution < 1.29 is 9.18 Å². The minimum atomic E-state index is -0.294. The number of halogens is 1. The predicted molar refractivity (Wildman–Crippen MR) is 86.4 cm³/mol. The monoisotopic (exact) mass is 303 g/mol. The van der Waals surface area contributed by atoms with Crippen LogP contribution in [0.2, 0.25) is 0 Å². The molecule has 0 aromatic heterocycles. The number of benzene rings is 2. The van der Waals surface area contributed by atoms with Gasteiger partial charge in [0.1, 0.15) is 5.82 Å². The zero-order valence-electron chi connectivity index (χ0n) is 12.4. The summed E-state index contributed by atoms with van der Waals surface area (Å²) in [5.41, 5.74) is 4.09. The molecule has 2 aromatic rings. The summed E-state index contributed by atoms with van der Waals surface area (Å²) in [6.45, 7) is 5.97. The molecule has 21 heavy (non-hydrogen) atoms. The maximum atomic E-state index is 13.5. The van der Waals surface area contributed by atoms with E-state index in [4.69, 9.17) is 0 Å². The molecule has 0 unspecified atom stereocenters. The Morgan fingerprint density at radius 2 is 1.76 bits per heavy atom. The standard InChI is InChI=1S/C17H18FNOS/c1-11-8-12(2)17(13(3)9-11)19-16(20)10-21-15-7-5-4-6-14(15)18/h4-9H,10H2,1-3H3,(H,19,20). The van der Waals surface area contributed by atoms with Gasteiger partial charge in [-0.1, -0.05) is 29.8 Å². The van der Waals surface area contributed by atoms with E-state index in [-0.39, 0.29) is 17.5 Å². The van der Waals surface area contributed by atoms with Gasteiger partial charge in [0, 0.05) is 10.6 Å². The van der Waals surface area contributed by atoms with E-state index in [0.29, 0.717) is 4.90 Å². The minimum Gasteiger partial charge on any atom is -0.325 e. The topological polar surface area (TPSA) is 29.1 Å². The number of aryl methyl sites for hydroxylation is 3. The van der Waals surface area contributed by atoms with Gasteiger partial charge < -0.3 is 5.32 Å². The number of carbonyl (C=O) groups is 1. The summed E-state index contributed by atoms with van der Waals surface area (Å²) in [7, 11) is 0. The van der Waals surface area contributed by atoms with Gasteiger partial charge in [0.2, 0.25) is 5.91 Å². The quantitative estimate of drug-likeness (QED) is 0.844. The third-order valence-corrected chi connectivity index (χ3v) is 4.19. The number of thioether (sulfide) groups is 1. The fourth-order valence-corrected chi connectivity index (χ4v) is 3.00. The molecule has 1 N–H and O–H groups in total. The van der Waals surface area contributed by atoms with Gasteiger partial charge in [-0.2, -0.15) is 0 Å². The molecule has 0 saturated carbocycles. The molecule has 1 amide bonds. The average molecular weight is 303 g/mol. The lowest BCUT2D eigenvalue weighted by atomic mass is 10.1. The smallest absolute Gasteiger partial charge is 0.234 e. The molecule has 4 heteroatoms. The van der Waals surface area contributed by atoms with Crippen molar-refractivity contribution in [2.75, 3.05) is 11.1 Å². The van der Waals surface area contributed by atoms with Crippen LogP contribution < -0.4 is 5.32 Å². The molecule has 2 rings (SSSR count). The maximum absolute atomic E-state index is 13.5. The fraction of sp³-hybridized carbons (Fsp3) is 0.235. The van der Waals surface area contributed by atoms with Crippen LogP contribution in [-0.4, -0.2) is 11.7 Å². The number of rotatable bonds is 4. The highest BCUT2D eigenvalue weighted by Crippen LogP contribution is 2.24. The Labute approximate surface area is 128 Å². The Hall–Kier alpha value is -1.81. The molecule has 0 saturated heterocycles. The summed E-state index contributed by atoms with van der Waals surface area (Å²) in [5, 5.41) is 2.91. The van der Waals surface area contributed by atoms with Crippen molar-refractivity contribution in [2.24, 2.45) is 0 Å². The summed E-state index contributed by atoms with van der Waals surface area (Å²) < 4.78 is 13.5. The molecule has 0 aliphatic carbocycles. The summed E-state index contributed by atoms with van der Waals surface area (Å²) in [5.74, 6) is -0.232. The van der Waals surface area contributed by atoms with Crippen molar-refractivity contribution in [3.05, 3.63) is 58.9 Å². The summed E-state index contributed by atoms with van der Waals surface area (Å²) in [4.78, 5) is 12.5. The number of hydrogen-bond donors (Lipinski definition) is 1. The predicted octanol–water partition coefficient (Wildman–Crippen LogP) is 4.48. The van der Waals surface area contributed by atoms with E-state index in [0.717, 1.165) is 16.8 Å². The molecule has 110 valence electrons. The van der Waals surface area contributed by atoms with Crippen molar-refractivity contribution in [1.29, 1.82) is 0 Å². The summed E-state index contributed by atoms with van der Waals surface area (Å²) in [6.07, 6.45) is 0. The number of amides is 1. The largest absolute Gasteiger partial charge is 0.325 e. The molecule has 2 nitrogen and oxygen atoms in total. The Morgan fingerprint density at radius 1 is 1.14 bits per heavy atom. The van der Waals surface area contributed by atoms with Gasteiger partial charge in [-0.3, -0.25) is 4.79 Å². The van der Waals surface area contributed by atoms with Gasteiger partial charge in [-0.15, -0.1) is 11.8 Å². The third kappa shape index (κ3) is 4.08. The Bertz CT molecular complexity index is 647. The van der Waals surface area contributed by atoms with E-state index in [1.54, 1.807) is 18.2 Å². The Balaban J connectivity index is 2.01. The second-order valence-electron chi connectivity index (χ2n) is 5.04. The molecule has 0 aliphatic rings. The van der Waals surface area contributed by atoms with Crippen LogP contribution in [0.25, 0.3) is 0 Å². The van der Waals surface area contributed by atoms with Crippen LogP contribution in [-0.2, 0) is 4.79 Å². The lowest BCUT2D eigenvalue weighted by molar-refractivity contribution is -0.113. The first-order valence-corrected chi connectivity index (χ1v) is 7.71. The average Bonchev–Trinajstić information content (AvgIpc) is 2.42.